The predicted molar refractivity (Wildman–Crippen MR) is 122 cm³/mol. The number of hydrogen-bond donors (Lipinski definition) is 2. The van der Waals surface area contributed by atoms with Crippen molar-refractivity contribution in [2.45, 2.75) is 19.4 Å². The summed E-state index contributed by atoms with van der Waals surface area (Å²) < 4.78 is 1.61. The first kappa shape index (κ1) is 19.3. The average Bonchev–Trinajstić information content (AvgIpc) is 3.22. The van der Waals surface area contributed by atoms with Gasteiger partial charge in [0.15, 0.2) is 0 Å². The Hall–Kier alpha value is -3.64. The fourth-order valence-electron chi connectivity index (χ4n) is 4.08. The molecule has 0 saturated carbocycles. The highest BCUT2D eigenvalue weighted by molar-refractivity contribution is 6.30. The number of carbonyl (C=O) groups excluding carboxylic acids is 2. The molecule has 2 heterocycles. The van der Waals surface area contributed by atoms with Crippen molar-refractivity contribution in [3.63, 3.8) is 0 Å². The van der Waals surface area contributed by atoms with Gasteiger partial charge in [0, 0.05) is 21.7 Å². The molecule has 1 aliphatic rings. The number of rotatable bonds is 4. The Kier molecular flexibility index (Phi) is 4.71. The summed E-state index contributed by atoms with van der Waals surface area (Å²) in [5.74, 6) is 0.0911. The summed E-state index contributed by atoms with van der Waals surface area (Å²) in [6.07, 6.45) is -0.0157. The number of carbonyl (C=O) groups is 2. The first-order valence-corrected chi connectivity index (χ1v) is 10.3. The summed E-state index contributed by atoms with van der Waals surface area (Å²) >= 11 is 6.14. The number of aromatic nitrogens is 2. The third-order valence-corrected chi connectivity index (χ3v) is 5.72. The van der Waals surface area contributed by atoms with E-state index in [0.29, 0.717) is 10.8 Å². The molecule has 0 bridgehead atoms. The van der Waals surface area contributed by atoms with Crippen LogP contribution in [-0.4, -0.2) is 21.6 Å². The van der Waals surface area contributed by atoms with E-state index in [9.17, 15) is 9.59 Å². The summed E-state index contributed by atoms with van der Waals surface area (Å²) in [4.78, 5) is 25.5. The van der Waals surface area contributed by atoms with Crippen LogP contribution in [0.25, 0.3) is 21.9 Å². The SMILES string of the molecule is Cc1nn2c(c1-c1cccc(Cl)c1)NC(=O)C2CC(=O)Nc1cccc2ccccc12. The summed E-state index contributed by atoms with van der Waals surface area (Å²) in [6.45, 7) is 1.88. The molecule has 0 radical (unpaired) electrons. The third kappa shape index (κ3) is 3.45. The summed E-state index contributed by atoms with van der Waals surface area (Å²) in [7, 11) is 0. The summed E-state index contributed by atoms with van der Waals surface area (Å²) in [5.41, 5.74) is 3.16. The lowest BCUT2D eigenvalue weighted by molar-refractivity contribution is -0.123. The second-order valence-electron chi connectivity index (χ2n) is 7.55. The van der Waals surface area contributed by atoms with Gasteiger partial charge in [-0.1, -0.05) is 60.1 Å². The molecule has 0 fully saturated rings. The maximum Gasteiger partial charge on any atom is 0.251 e. The molecule has 3 aromatic carbocycles. The van der Waals surface area contributed by atoms with Crippen LogP contribution >= 0.6 is 11.6 Å². The second kappa shape index (κ2) is 7.56. The minimum atomic E-state index is -0.711. The Morgan fingerprint density at radius 2 is 1.90 bits per heavy atom. The Morgan fingerprint density at radius 1 is 1.13 bits per heavy atom. The Bertz CT molecular complexity index is 1340. The van der Waals surface area contributed by atoms with E-state index in [0.717, 1.165) is 33.3 Å². The number of aryl methyl sites for hydroxylation is 1. The molecule has 31 heavy (non-hydrogen) atoms. The molecule has 1 unspecified atom stereocenters. The van der Waals surface area contributed by atoms with Gasteiger partial charge in [-0.2, -0.15) is 5.10 Å². The van der Waals surface area contributed by atoms with E-state index in [1.54, 1.807) is 10.7 Å². The number of hydrogen-bond acceptors (Lipinski definition) is 3. The molecular formula is C24H19ClN4O2. The Morgan fingerprint density at radius 3 is 2.74 bits per heavy atom. The van der Waals surface area contributed by atoms with Crippen molar-refractivity contribution in [3.8, 4) is 11.1 Å². The number of nitrogens with one attached hydrogen (secondary N) is 2. The molecule has 1 atom stereocenters. The lowest BCUT2D eigenvalue weighted by Crippen LogP contribution is -2.23. The van der Waals surface area contributed by atoms with Gasteiger partial charge in [0.05, 0.1) is 12.1 Å². The van der Waals surface area contributed by atoms with Crippen LogP contribution in [0.5, 0.6) is 0 Å². The lowest BCUT2D eigenvalue weighted by atomic mass is 10.1. The van der Waals surface area contributed by atoms with Crippen LogP contribution in [0.3, 0.4) is 0 Å². The van der Waals surface area contributed by atoms with Crippen molar-refractivity contribution >= 4 is 45.7 Å². The van der Waals surface area contributed by atoms with E-state index in [1.165, 1.54) is 0 Å². The van der Waals surface area contributed by atoms with Crippen LogP contribution in [0.15, 0.2) is 66.7 Å². The summed E-state index contributed by atoms with van der Waals surface area (Å²) in [5, 5.41) is 13.0. The smallest absolute Gasteiger partial charge is 0.251 e. The molecule has 1 aliphatic heterocycles. The minimum Gasteiger partial charge on any atom is -0.325 e. The quantitative estimate of drug-likeness (QED) is 0.468. The molecular weight excluding hydrogens is 412 g/mol. The second-order valence-corrected chi connectivity index (χ2v) is 7.98. The van der Waals surface area contributed by atoms with Crippen molar-refractivity contribution < 1.29 is 9.59 Å². The van der Waals surface area contributed by atoms with Gasteiger partial charge in [-0.25, -0.2) is 4.68 Å². The molecule has 0 spiro atoms. The van der Waals surface area contributed by atoms with Crippen molar-refractivity contribution in [1.29, 1.82) is 0 Å². The zero-order valence-electron chi connectivity index (χ0n) is 16.7. The molecule has 0 aliphatic carbocycles. The first-order chi connectivity index (χ1) is 15.0. The van der Waals surface area contributed by atoms with Crippen LogP contribution in [0.2, 0.25) is 5.02 Å². The molecule has 5 rings (SSSR count). The van der Waals surface area contributed by atoms with Crippen molar-refractivity contribution in [3.05, 3.63) is 77.4 Å². The van der Waals surface area contributed by atoms with Gasteiger partial charge in [-0.05, 0) is 36.1 Å². The molecule has 0 saturated heterocycles. The molecule has 6 nitrogen and oxygen atoms in total. The standard InChI is InChI=1S/C24H19ClN4O2/c1-14-22(16-8-4-9-17(25)12-16)23-27-24(31)20(29(23)28-14)13-21(30)26-19-11-5-7-15-6-2-3-10-18(15)19/h2-12,20H,13H2,1H3,(H,26,30)(H,27,31). The fourth-order valence-corrected chi connectivity index (χ4v) is 4.27. The minimum absolute atomic E-state index is 0.0157. The van der Waals surface area contributed by atoms with Crippen LogP contribution in [0.1, 0.15) is 18.2 Å². The van der Waals surface area contributed by atoms with Crippen molar-refractivity contribution in [2.24, 2.45) is 0 Å². The van der Waals surface area contributed by atoms with Gasteiger partial charge in [-0.15, -0.1) is 0 Å². The Labute approximate surface area is 183 Å². The van der Waals surface area contributed by atoms with Gasteiger partial charge in [0.2, 0.25) is 5.91 Å². The highest BCUT2D eigenvalue weighted by Crippen LogP contribution is 2.39. The highest BCUT2D eigenvalue weighted by Gasteiger charge is 2.36. The predicted octanol–water partition coefficient (Wildman–Crippen LogP) is 5.19. The number of fused-ring (bicyclic) bond motifs is 2. The van der Waals surface area contributed by atoms with Gasteiger partial charge < -0.3 is 10.6 Å². The molecule has 2 amide bonds. The molecule has 1 aromatic heterocycles. The largest absolute Gasteiger partial charge is 0.325 e. The Balaban J connectivity index is 1.42. The highest BCUT2D eigenvalue weighted by atomic mass is 35.5. The van der Waals surface area contributed by atoms with Gasteiger partial charge in [0.25, 0.3) is 5.91 Å². The molecule has 154 valence electrons. The van der Waals surface area contributed by atoms with E-state index in [2.05, 4.69) is 15.7 Å². The summed E-state index contributed by atoms with van der Waals surface area (Å²) in [6, 6.07) is 20.3. The number of halogens is 1. The van der Waals surface area contributed by atoms with Crippen LogP contribution in [0, 0.1) is 6.92 Å². The van der Waals surface area contributed by atoms with Gasteiger partial charge >= 0.3 is 0 Å². The zero-order valence-corrected chi connectivity index (χ0v) is 17.5. The average molecular weight is 431 g/mol. The maximum atomic E-state index is 12.8. The van der Waals surface area contributed by atoms with E-state index >= 15 is 0 Å². The first-order valence-electron chi connectivity index (χ1n) is 9.95. The van der Waals surface area contributed by atoms with Crippen LogP contribution in [0.4, 0.5) is 11.5 Å². The fraction of sp³-hybridized carbons (Fsp3) is 0.125. The monoisotopic (exact) mass is 430 g/mol. The van der Waals surface area contributed by atoms with Gasteiger partial charge in [-0.3, -0.25) is 9.59 Å². The number of amides is 2. The maximum absolute atomic E-state index is 12.8. The topological polar surface area (TPSA) is 76.0 Å². The van der Waals surface area contributed by atoms with E-state index < -0.39 is 6.04 Å². The van der Waals surface area contributed by atoms with Crippen LogP contribution in [-0.2, 0) is 9.59 Å². The lowest BCUT2D eigenvalue weighted by Gasteiger charge is -2.12. The van der Waals surface area contributed by atoms with Crippen molar-refractivity contribution in [2.75, 3.05) is 10.6 Å². The number of benzene rings is 3. The molecule has 7 heteroatoms. The molecule has 2 N–H and O–H groups in total. The zero-order chi connectivity index (χ0) is 21.5. The van der Waals surface area contributed by atoms with Crippen LogP contribution < -0.4 is 10.6 Å². The van der Waals surface area contributed by atoms with E-state index in [-0.39, 0.29) is 18.2 Å². The normalized spacial score (nSPS) is 15.0. The van der Waals surface area contributed by atoms with E-state index in [1.807, 2.05) is 67.6 Å². The van der Waals surface area contributed by atoms with E-state index in [4.69, 9.17) is 11.6 Å². The van der Waals surface area contributed by atoms with Gasteiger partial charge in [0.1, 0.15) is 11.9 Å². The number of nitrogens with zero attached hydrogens (tertiary/aromatic N) is 2. The number of anilines is 2. The van der Waals surface area contributed by atoms with Crippen molar-refractivity contribution in [1.82, 2.24) is 9.78 Å². The third-order valence-electron chi connectivity index (χ3n) is 5.48. The molecule has 4 aromatic rings.